The fourth-order valence-electron chi connectivity index (χ4n) is 3.51. The second-order valence-electron chi connectivity index (χ2n) is 6.48. The van der Waals surface area contributed by atoms with E-state index in [1.807, 2.05) is 10.9 Å². The molecule has 0 amide bonds. The first kappa shape index (κ1) is 15.9. The summed E-state index contributed by atoms with van der Waals surface area (Å²) in [5.74, 6) is 0. The molecule has 124 valence electrons. The first-order chi connectivity index (χ1) is 10.7. The Hall–Kier alpha value is -1.02. The summed E-state index contributed by atoms with van der Waals surface area (Å²) in [7, 11) is 1.63. The monoisotopic (exact) mass is 311 g/mol. The van der Waals surface area contributed by atoms with Crippen molar-refractivity contribution >= 4 is 0 Å². The van der Waals surface area contributed by atoms with Gasteiger partial charge >= 0.3 is 0 Å². The van der Waals surface area contributed by atoms with Crippen LogP contribution in [-0.2, 0) is 21.4 Å². The van der Waals surface area contributed by atoms with E-state index in [4.69, 9.17) is 9.47 Å². The average molecular weight is 311 g/mol. The van der Waals surface area contributed by atoms with Crippen molar-refractivity contribution in [3.05, 3.63) is 11.9 Å². The molecule has 0 spiro atoms. The summed E-state index contributed by atoms with van der Waals surface area (Å²) in [6.45, 7) is 0.584. The van der Waals surface area contributed by atoms with Gasteiger partial charge in [0, 0.05) is 26.1 Å². The smallest absolute Gasteiger partial charge is 0.0892 e. The van der Waals surface area contributed by atoms with Crippen molar-refractivity contribution in [3.63, 3.8) is 0 Å². The average Bonchev–Trinajstić information content (AvgIpc) is 3.19. The first-order valence-corrected chi connectivity index (χ1v) is 8.02. The number of ether oxygens (including phenoxy) is 2. The summed E-state index contributed by atoms with van der Waals surface area (Å²) in [5.41, 5.74) is 0.498. The molecule has 3 atom stereocenters. The molecular weight excluding hydrogens is 286 g/mol. The number of hydrogen-bond acceptors (Lipinski definition) is 6. The predicted molar refractivity (Wildman–Crippen MR) is 78.4 cm³/mol. The van der Waals surface area contributed by atoms with Crippen molar-refractivity contribution < 1.29 is 19.7 Å². The number of hydrogen-bond donors (Lipinski definition) is 2. The van der Waals surface area contributed by atoms with E-state index in [2.05, 4.69) is 10.3 Å². The number of aliphatic hydroxyl groups is 2. The zero-order valence-electron chi connectivity index (χ0n) is 13.0. The van der Waals surface area contributed by atoms with Crippen LogP contribution in [0.4, 0.5) is 0 Å². The zero-order valence-corrected chi connectivity index (χ0v) is 13.0. The summed E-state index contributed by atoms with van der Waals surface area (Å²) in [6, 6.07) is 0. The molecule has 1 saturated heterocycles. The third-order valence-electron chi connectivity index (χ3n) is 5.03. The third-order valence-corrected chi connectivity index (χ3v) is 5.03. The lowest BCUT2D eigenvalue weighted by atomic mass is 9.98. The van der Waals surface area contributed by atoms with Crippen LogP contribution < -0.4 is 0 Å². The minimum absolute atomic E-state index is 0.0434. The fourth-order valence-corrected chi connectivity index (χ4v) is 3.51. The Labute approximate surface area is 130 Å². The Balaban J connectivity index is 1.65. The SMILES string of the molecule is COC1COC(Cc2cn(C3(CO)CCCC3)nn2)C(O)C1. The maximum Gasteiger partial charge on any atom is 0.0892 e. The Bertz CT molecular complexity index is 487. The van der Waals surface area contributed by atoms with Gasteiger partial charge in [0.1, 0.15) is 0 Å². The Morgan fingerprint density at radius 3 is 2.86 bits per heavy atom. The van der Waals surface area contributed by atoms with Crippen molar-refractivity contribution in [1.29, 1.82) is 0 Å². The first-order valence-electron chi connectivity index (χ1n) is 8.02. The van der Waals surface area contributed by atoms with E-state index in [9.17, 15) is 10.2 Å². The van der Waals surface area contributed by atoms with Crippen LogP contribution in [0, 0.1) is 0 Å². The molecule has 2 N–H and O–H groups in total. The lowest BCUT2D eigenvalue weighted by molar-refractivity contribution is -0.131. The molecule has 1 aliphatic heterocycles. The molecule has 0 bridgehead atoms. The minimum Gasteiger partial charge on any atom is -0.394 e. The topological polar surface area (TPSA) is 89.6 Å². The summed E-state index contributed by atoms with van der Waals surface area (Å²) in [4.78, 5) is 0. The Kier molecular flexibility index (Phi) is 4.77. The van der Waals surface area contributed by atoms with Crippen molar-refractivity contribution in [2.75, 3.05) is 20.3 Å². The van der Waals surface area contributed by atoms with Crippen LogP contribution in [0.3, 0.4) is 0 Å². The van der Waals surface area contributed by atoms with Gasteiger partial charge in [0.2, 0.25) is 0 Å². The van der Waals surface area contributed by atoms with Gasteiger partial charge in [0.25, 0.3) is 0 Å². The third kappa shape index (κ3) is 3.03. The highest BCUT2D eigenvalue weighted by molar-refractivity contribution is 5.01. The van der Waals surface area contributed by atoms with Crippen molar-refractivity contribution in [2.24, 2.45) is 0 Å². The number of aromatic nitrogens is 3. The molecule has 1 saturated carbocycles. The van der Waals surface area contributed by atoms with Gasteiger partial charge in [-0.2, -0.15) is 0 Å². The molecule has 3 rings (SSSR count). The van der Waals surface area contributed by atoms with E-state index in [1.165, 1.54) is 0 Å². The van der Waals surface area contributed by atoms with Crippen LogP contribution in [0.5, 0.6) is 0 Å². The number of nitrogens with zero attached hydrogens (tertiary/aromatic N) is 3. The molecule has 3 unspecified atom stereocenters. The number of methoxy groups -OCH3 is 1. The maximum absolute atomic E-state index is 10.1. The Morgan fingerprint density at radius 2 is 2.23 bits per heavy atom. The van der Waals surface area contributed by atoms with Gasteiger partial charge in [-0.3, -0.25) is 0 Å². The van der Waals surface area contributed by atoms with Crippen LogP contribution in [0.2, 0.25) is 0 Å². The molecule has 1 aliphatic carbocycles. The van der Waals surface area contributed by atoms with Crippen LogP contribution in [0.1, 0.15) is 37.8 Å². The van der Waals surface area contributed by atoms with Gasteiger partial charge in [-0.05, 0) is 12.8 Å². The molecule has 2 heterocycles. The standard InChI is InChI=1S/C15H25N3O4/c1-21-12-7-13(20)14(22-9-12)6-11-8-18(17-16-11)15(10-19)4-2-3-5-15/h8,12-14,19-20H,2-7,9-10H2,1H3. The highest BCUT2D eigenvalue weighted by Gasteiger charge is 2.37. The van der Waals surface area contributed by atoms with Crippen LogP contribution in [0.25, 0.3) is 0 Å². The Morgan fingerprint density at radius 1 is 1.45 bits per heavy atom. The highest BCUT2D eigenvalue weighted by Crippen LogP contribution is 2.35. The molecule has 2 aliphatic rings. The zero-order chi connectivity index (χ0) is 15.6. The maximum atomic E-state index is 10.1. The predicted octanol–water partition coefficient (Wildman–Crippen LogP) is 0.247. The second-order valence-corrected chi connectivity index (χ2v) is 6.48. The lowest BCUT2D eigenvalue weighted by Crippen LogP contribution is -2.43. The summed E-state index contributed by atoms with van der Waals surface area (Å²) in [6.07, 6.45) is 6.21. The quantitative estimate of drug-likeness (QED) is 0.810. The molecule has 0 aromatic carbocycles. The van der Waals surface area contributed by atoms with Crippen LogP contribution in [0.15, 0.2) is 6.20 Å². The molecule has 7 nitrogen and oxygen atoms in total. The van der Waals surface area contributed by atoms with E-state index in [0.29, 0.717) is 19.4 Å². The number of aliphatic hydroxyl groups excluding tert-OH is 2. The molecule has 1 aromatic heterocycles. The van der Waals surface area contributed by atoms with Crippen LogP contribution in [-0.4, -0.2) is 63.8 Å². The number of rotatable bonds is 5. The summed E-state index contributed by atoms with van der Waals surface area (Å²) in [5, 5.41) is 28.3. The van der Waals surface area contributed by atoms with Gasteiger partial charge in [-0.25, -0.2) is 4.68 Å². The summed E-state index contributed by atoms with van der Waals surface area (Å²) >= 11 is 0. The normalized spacial score (nSPS) is 31.5. The largest absolute Gasteiger partial charge is 0.394 e. The second kappa shape index (κ2) is 6.62. The van der Waals surface area contributed by atoms with Crippen molar-refractivity contribution in [3.8, 4) is 0 Å². The summed E-state index contributed by atoms with van der Waals surface area (Å²) < 4.78 is 12.7. The molecular formula is C15H25N3O4. The van der Waals surface area contributed by atoms with Gasteiger partial charge in [0.05, 0.1) is 42.8 Å². The van der Waals surface area contributed by atoms with E-state index in [1.54, 1.807) is 7.11 Å². The van der Waals surface area contributed by atoms with E-state index < -0.39 is 6.10 Å². The van der Waals surface area contributed by atoms with Gasteiger partial charge in [-0.1, -0.05) is 18.1 Å². The molecule has 2 fully saturated rings. The molecule has 7 heteroatoms. The van der Waals surface area contributed by atoms with E-state index >= 15 is 0 Å². The van der Waals surface area contributed by atoms with Crippen molar-refractivity contribution in [1.82, 2.24) is 15.0 Å². The van der Waals surface area contributed by atoms with Gasteiger partial charge < -0.3 is 19.7 Å². The fraction of sp³-hybridized carbons (Fsp3) is 0.867. The molecule has 1 aromatic rings. The van der Waals surface area contributed by atoms with Crippen molar-refractivity contribution in [2.45, 2.75) is 62.4 Å². The van der Waals surface area contributed by atoms with Gasteiger partial charge in [0.15, 0.2) is 0 Å². The van der Waals surface area contributed by atoms with E-state index in [0.717, 1.165) is 31.4 Å². The minimum atomic E-state index is -0.554. The molecule has 0 radical (unpaired) electrons. The lowest BCUT2D eigenvalue weighted by Gasteiger charge is -2.32. The van der Waals surface area contributed by atoms with Crippen LogP contribution >= 0.6 is 0 Å². The van der Waals surface area contributed by atoms with E-state index in [-0.39, 0.29) is 24.4 Å². The highest BCUT2D eigenvalue weighted by atomic mass is 16.5. The van der Waals surface area contributed by atoms with Gasteiger partial charge in [-0.15, -0.1) is 5.10 Å². The molecule has 22 heavy (non-hydrogen) atoms.